The predicted molar refractivity (Wildman–Crippen MR) is 106 cm³/mol. The maximum atomic E-state index is 12.2. The van der Waals surface area contributed by atoms with Crippen LogP contribution in [0.4, 0.5) is 0 Å². The van der Waals surface area contributed by atoms with Gasteiger partial charge in [0.1, 0.15) is 0 Å². The van der Waals surface area contributed by atoms with Crippen molar-refractivity contribution in [2.75, 3.05) is 19.6 Å². The second-order valence-electron chi connectivity index (χ2n) is 6.87. The lowest BCUT2D eigenvalue weighted by molar-refractivity contribution is -0.121. The summed E-state index contributed by atoms with van der Waals surface area (Å²) in [6, 6.07) is 12.0. The van der Waals surface area contributed by atoms with Crippen molar-refractivity contribution in [3.8, 4) is 0 Å². The summed E-state index contributed by atoms with van der Waals surface area (Å²) in [6.07, 6.45) is 2.94. The molecule has 1 aliphatic rings. The normalized spacial score (nSPS) is 15.7. The number of aryl methyl sites for hydroxylation is 1. The summed E-state index contributed by atoms with van der Waals surface area (Å²) in [6.45, 7) is 4.78. The number of amides is 1. The van der Waals surface area contributed by atoms with Crippen molar-refractivity contribution in [3.63, 3.8) is 0 Å². The second-order valence-corrected chi connectivity index (χ2v) is 7.85. The summed E-state index contributed by atoms with van der Waals surface area (Å²) in [7, 11) is 0. The van der Waals surface area contributed by atoms with Crippen molar-refractivity contribution in [2.45, 2.75) is 38.6 Å². The third kappa shape index (κ3) is 5.02. The Morgan fingerprint density at radius 2 is 1.85 bits per heavy atom. The Morgan fingerprint density at radius 3 is 2.50 bits per heavy atom. The number of rotatable bonds is 8. The minimum absolute atomic E-state index is 0.0227. The molecule has 0 saturated carbocycles. The van der Waals surface area contributed by atoms with E-state index in [4.69, 9.17) is 0 Å². The molecule has 2 aromatic rings. The fraction of sp³-hybridized carbons (Fsp3) is 0.429. The van der Waals surface area contributed by atoms with Crippen molar-refractivity contribution >= 4 is 23.0 Å². The first kappa shape index (κ1) is 18.8. The molecule has 0 radical (unpaired) electrons. The molecule has 1 aliphatic heterocycles. The first-order valence-electron chi connectivity index (χ1n) is 9.27. The van der Waals surface area contributed by atoms with Crippen LogP contribution in [0.3, 0.4) is 0 Å². The van der Waals surface area contributed by atoms with Gasteiger partial charge in [-0.3, -0.25) is 14.5 Å². The number of nitrogens with zero attached hydrogens (tertiary/aromatic N) is 1. The Balaban J connectivity index is 1.49. The van der Waals surface area contributed by atoms with E-state index in [1.54, 1.807) is 11.3 Å². The summed E-state index contributed by atoms with van der Waals surface area (Å²) >= 11 is 1.74. The van der Waals surface area contributed by atoms with Gasteiger partial charge in [0.25, 0.3) is 0 Å². The number of carbonyl (C=O) groups is 2. The maximum Gasteiger partial charge on any atom is 0.220 e. The molecule has 1 amide bonds. The Labute approximate surface area is 159 Å². The summed E-state index contributed by atoms with van der Waals surface area (Å²) in [5, 5.41) is 5.12. The van der Waals surface area contributed by atoms with E-state index in [1.807, 2.05) is 31.2 Å². The van der Waals surface area contributed by atoms with Crippen LogP contribution in [0, 0.1) is 6.92 Å². The molecule has 1 aromatic heterocycles. The van der Waals surface area contributed by atoms with Crippen molar-refractivity contribution in [1.82, 2.24) is 10.2 Å². The van der Waals surface area contributed by atoms with E-state index in [9.17, 15) is 9.59 Å². The van der Waals surface area contributed by atoms with E-state index in [-0.39, 0.29) is 30.6 Å². The molecule has 1 aromatic carbocycles. The largest absolute Gasteiger partial charge is 0.354 e. The minimum atomic E-state index is -0.0498. The highest BCUT2D eigenvalue weighted by Crippen LogP contribution is 2.27. The van der Waals surface area contributed by atoms with Crippen molar-refractivity contribution in [2.24, 2.45) is 0 Å². The van der Waals surface area contributed by atoms with Gasteiger partial charge in [0.05, 0.1) is 6.04 Å². The van der Waals surface area contributed by atoms with Crippen LogP contribution < -0.4 is 5.32 Å². The highest BCUT2D eigenvalue weighted by Gasteiger charge is 2.24. The molecule has 138 valence electrons. The first-order valence-corrected chi connectivity index (χ1v) is 10.2. The second kappa shape index (κ2) is 9.10. The zero-order chi connectivity index (χ0) is 18.4. The van der Waals surface area contributed by atoms with Gasteiger partial charge in [-0.25, -0.2) is 0 Å². The summed E-state index contributed by atoms with van der Waals surface area (Å²) in [4.78, 5) is 28.2. The number of nitrogens with one attached hydrogen (secondary N) is 1. The van der Waals surface area contributed by atoms with Crippen LogP contribution in [0.25, 0.3) is 0 Å². The number of likely N-dealkylation sites (tertiary alicyclic amines) is 1. The highest BCUT2D eigenvalue weighted by atomic mass is 32.1. The SMILES string of the molecule is Cc1ccc(C(=O)CCC(=O)NCC(c2cccs2)N2CCCC2)cc1. The van der Waals surface area contributed by atoms with Gasteiger partial charge in [-0.1, -0.05) is 35.9 Å². The van der Waals surface area contributed by atoms with Crippen LogP contribution >= 0.6 is 11.3 Å². The van der Waals surface area contributed by atoms with Gasteiger partial charge in [-0.05, 0) is 44.3 Å². The molecular formula is C21H26N2O2S. The zero-order valence-electron chi connectivity index (χ0n) is 15.2. The molecule has 26 heavy (non-hydrogen) atoms. The Hall–Kier alpha value is -1.98. The number of Topliss-reactive ketones (excluding diaryl/α,β-unsaturated/α-hetero) is 1. The summed E-state index contributed by atoms with van der Waals surface area (Å²) in [5.74, 6) is -0.0271. The number of ketones is 1. The molecule has 1 saturated heterocycles. The molecule has 1 atom stereocenters. The quantitative estimate of drug-likeness (QED) is 0.715. The minimum Gasteiger partial charge on any atom is -0.354 e. The van der Waals surface area contributed by atoms with Gasteiger partial charge in [0.15, 0.2) is 5.78 Å². The molecule has 0 bridgehead atoms. The number of hydrogen-bond acceptors (Lipinski definition) is 4. The van der Waals surface area contributed by atoms with Crippen molar-refractivity contribution < 1.29 is 9.59 Å². The number of benzene rings is 1. The van der Waals surface area contributed by atoms with E-state index in [0.29, 0.717) is 12.1 Å². The predicted octanol–water partition coefficient (Wildman–Crippen LogP) is 3.97. The van der Waals surface area contributed by atoms with Crippen LogP contribution in [0.15, 0.2) is 41.8 Å². The van der Waals surface area contributed by atoms with Gasteiger partial charge < -0.3 is 5.32 Å². The van der Waals surface area contributed by atoms with E-state index in [1.165, 1.54) is 17.7 Å². The Bertz CT molecular complexity index is 719. The highest BCUT2D eigenvalue weighted by molar-refractivity contribution is 7.10. The van der Waals surface area contributed by atoms with Gasteiger partial charge >= 0.3 is 0 Å². The standard InChI is InChI=1S/C21H26N2O2S/c1-16-6-8-17(9-7-16)19(24)10-11-21(25)22-15-18(20-5-4-14-26-20)23-12-2-3-13-23/h4-9,14,18H,2-3,10-13,15H2,1H3,(H,22,25). The molecule has 5 heteroatoms. The van der Waals surface area contributed by atoms with Gasteiger partial charge in [-0.2, -0.15) is 0 Å². The molecule has 3 rings (SSSR count). The average molecular weight is 371 g/mol. The lowest BCUT2D eigenvalue weighted by Crippen LogP contribution is -2.36. The average Bonchev–Trinajstić information content (AvgIpc) is 3.35. The molecule has 1 unspecified atom stereocenters. The lowest BCUT2D eigenvalue weighted by atomic mass is 10.0. The smallest absolute Gasteiger partial charge is 0.220 e. The van der Waals surface area contributed by atoms with Crippen LogP contribution in [0.1, 0.15) is 52.5 Å². The maximum absolute atomic E-state index is 12.2. The topological polar surface area (TPSA) is 49.4 Å². The lowest BCUT2D eigenvalue weighted by Gasteiger charge is -2.26. The number of hydrogen-bond donors (Lipinski definition) is 1. The van der Waals surface area contributed by atoms with Crippen LogP contribution in [-0.4, -0.2) is 36.2 Å². The Morgan fingerprint density at radius 1 is 1.12 bits per heavy atom. The van der Waals surface area contributed by atoms with Crippen LogP contribution in [-0.2, 0) is 4.79 Å². The third-order valence-corrected chi connectivity index (χ3v) is 5.87. The fourth-order valence-corrected chi connectivity index (χ4v) is 4.21. The monoisotopic (exact) mass is 370 g/mol. The summed E-state index contributed by atoms with van der Waals surface area (Å²) < 4.78 is 0. The molecule has 0 spiro atoms. The van der Waals surface area contributed by atoms with E-state index >= 15 is 0 Å². The van der Waals surface area contributed by atoms with Gasteiger partial charge in [0, 0.05) is 29.8 Å². The molecule has 4 nitrogen and oxygen atoms in total. The van der Waals surface area contributed by atoms with Crippen LogP contribution in [0.5, 0.6) is 0 Å². The third-order valence-electron chi connectivity index (χ3n) is 4.90. The Kier molecular flexibility index (Phi) is 6.58. The van der Waals surface area contributed by atoms with E-state index in [2.05, 4.69) is 27.7 Å². The van der Waals surface area contributed by atoms with Crippen molar-refractivity contribution in [3.05, 3.63) is 57.8 Å². The molecule has 1 N–H and O–H groups in total. The first-order chi connectivity index (χ1) is 12.6. The van der Waals surface area contributed by atoms with Crippen molar-refractivity contribution in [1.29, 1.82) is 0 Å². The fourth-order valence-electron chi connectivity index (χ4n) is 3.35. The molecule has 1 fully saturated rings. The van der Waals surface area contributed by atoms with Gasteiger partial charge in [0.2, 0.25) is 5.91 Å². The summed E-state index contributed by atoms with van der Waals surface area (Å²) in [5.41, 5.74) is 1.80. The number of carbonyl (C=O) groups excluding carboxylic acids is 2. The zero-order valence-corrected chi connectivity index (χ0v) is 16.1. The molecule has 0 aliphatic carbocycles. The number of thiophene rings is 1. The van der Waals surface area contributed by atoms with Gasteiger partial charge in [-0.15, -0.1) is 11.3 Å². The molecule has 2 heterocycles. The van der Waals surface area contributed by atoms with E-state index < -0.39 is 0 Å². The van der Waals surface area contributed by atoms with E-state index in [0.717, 1.165) is 18.7 Å². The molecular weight excluding hydrogens is 344 g/mol. The van der Waals surface area contributed by atoms with Crippen LogP contribution in [0.2, 0.25) is 0 Å².